The maximum absolute atomic E-state index is 10.9. The molecule has 0 aliphatic rings. The molecule has 0 aliphatic heterocycles. The molecule has 0 bridgehead atoms. The van der Waals surface area contributed by atoms with E-state index in [-0.39, 0.29) is 5.57 Å². The molecule has 0 fully saturated rings. The van der Waals surface area contributed by atoms with Crippen molar-refractivity contribution in [3.05, 3.63) is 11.8 Å². The van der Waals surface area contributed by atoms with Crippen molar-refractivity contribution in [1.82, 2.24) is 0 Å². The van der Waals surface area contributed by atoms with E-state index in [0.29, 0.717) is 6.26 Å². The van der Waals surface area contributed by atoms with Crippen LogP contribution in [0.25, 0.3) is 0 Å². The van der Waals surface area contributed by atoms with Crippen molar-refractivity contribution in [1.29, 1.82) is 0 Å². The Bertz CT molecular complexity index is 256. The Morgan fingerprint density at radius 1 is 1.20 bits per heavy atom. The highest BCUT2D eigenvalue weighted by atomic mass is 17.2. The average Bonchev–Trinajstić information content (AvgIpc) is 2.13. The highest BCUT2D eigenvalue weighted by Crippen LogP contribution is 1.99. The van der Waals surface area contributed by atoms with Crippen LogP contribution in [0.15, 0.2) is 11.8 Å². The highest BCUT2D eigenvalue weighted by molar-refractivity contribution is 5.87. The Hall–Kier alpha value is -1.76. The van der Waals surface area contributed by atoms with E-state index in [1.165, 1.54) is 6.92 Å². The van der Waals surface area contributed by atoms with Gasteiger partial charge in [-0.05, 0) is 20.8 Å². The first kappa shape index (κ1) is 13.2. The van der Waals surface area contributed by atoms with Crippen molar-refractivity contribution in [3.8, 4) is 0 Å². The van der Waals surface area contributed by atoms with Crippen LogP contribution in [-0.2, 0) is 29.5 Å². The predicted octanol–water partition coefficient (Wildman–Crippen LogP) is 1.27. The molecule has 0 rings (SSSR count). The Kier molecular flexibility index (Phi) is 5.88. The van der Waals surface area contributed by atoms with Gasteiger partial charge in [0.15, 0.2) is 0 Å². The fourth-order valence-corrected chi connectivity index (χ4v) is 0.470. The van der Waals surface area contributed by atoms with Gasteiger partial charge in [0.05, 0.1) is 11.7 Å². The van der Waals surface area contributed by atoms with Crippen molar-refractivity contribution >= 4 is 12.1 Å². The normalized spacial score (nSPS) is 10.9. The second-order valence-corrected chi connectivity index (χ2v) is 2.77. The first-order valence-electron chi connectivity index (χ1n) is 4.02. The van der Waals surface area contributed by atoms with E-state index in [1.54, 1.807) is 13.8 Å². The fraction of sp³-hybridized carbons (Fsp3) is 0.500. The van der Waals surface area contributed by atoms with Crippen LogP contribution in [0.3, 0.4) is 0 Å². The fourth-order valence-electron chi connectivity index (χ4n) is 0.470. The quantitative estimate of drug-likeness (QED) is 0.233. The molecule has 0 N–H and O–H groups in total. The minimum absolute atomic E-state index is 0.151. The molecule has 0 unspecified atom stereocenters. The summed E-state index contributed by atoms with van der Waals surface area (Å²) in [5.41, 5.74) is -0.151. The van der Waals surface area contributed by atoms with E-state index in [0.717, 1.165) is 0 Å². The molecule has 0 aliphatic carbocycles. The largest absolute Gasteiger partial charge is 0.550 e. The summed E-state index contributed by atoms with van der Waals surface area (Å²) < 4.78 is 4.49. The molecule has 0 aromatic rings. The first-order valence-corrected chi connectivity index (χ1v) is 4.02. The van der Waals surface area contributed by atoms with Gasteiger partial charge in [0, 0.05) is 5.26 Å². The third-order valence-corrected chi connectivity index (χ3v) is 1.06. The zero-order valence-corrected chi connectivity index (χ0v) is 8.51. The summed E-state index contributed by atoms with van der Waals surface area (Å²) in [6, 6.07) is 0. The van der Waals surface area contributed by atoms with Crippen LogP contribution in [0.5, 0.6) is 0 Å². The summed E-state index contributed by atoms with van der Waals surface area (Å²) in [4.78, 5) is 32.9. The van der Waals surface area contributed by atoms with Gasteiger partial charge in [0.2, 0.25) is 0 Å². The lowest BCUT2D eigenvalue weighted by atomic mass is 10.4. The van der Waals surface area contributed by atoms with Crippen LogP contribution in [0.2, 0.25) is 0 Å². The monoisotopic (exact) mass is 219 g/mol. The molecular weight excluding hydrogens is 208 g/mol. The second kappa shape index (κ2) is 6.66. The molecule has 0 heterocycles. The van der Waals surface area contributed by atoms with Crippen molar-refractivity contribution in [2.45, 2.75) is 26.9 Å². The molecule has 7 heteroatoms. The predicted molar refractivity (Wildman–Crippen MR) is 44.3 cm³/mol. The summed E-state index contributed by atoms with van der Waals surface area (Å²) in [7, 11) is 0. The molecule has 0 aromatic carbocycles. The van der Waals surface area contributed by atoms with Gasteiger partial charge in [-0.15, -0.1) is 0 Å². The highest BCUT2D eigenvalue weighted by Gasteiger charge is 2.14. The molecule has 1 radical (unpaired) electrons. The van der Waals surface area contributed by atoms with Gasteiger partial charge < -0.3 is 9.62 Å². The molecule has 85 valence electrons. The Morgan fingerprint density at radius 3 is 2.27 bits per heavy atom. The molecule has 0 aromatic heterocycles. The molecule has 0 saturated carbocycles. The van der Waals surface area contributed by atoms with Crippen LogP contribution >= 0.6 is 0 Å². The minimum Gasteiger partial charge on any atom is -0.429 e. The van der Waals surface area contributed by atoms with E-state index in [2.05, 4.69) is 19.4 Å². The van der Waals surface area contributed by atoms with Gasteiger partial charge in [-0.1, -0.05) is 0 Å². The number of hydrogen-bond donors (Lipinski definition) is 0. The lowest BCUT2D eigenvalue weighted by molar-refractivity contribution is -0.257. The average molecular weight is 219 g/mol. The summed E-state index contributed by atoms with van der Waals surface area (Å²) in [6.45, 7) is 4.44. The molecular formula is C8H11O7. The van der Waals surface area contributed by atoms with E-state index in [1.807, 2.05) is 0 Å². The molecule has 7 nitrogen and oxygen atoms in total. The molecule has 0 saturated heterocycles. The van der Waals surface area contributed by atoms with Gasteiger partial charge in [-0.2, -0.15) is 4.79 Å². The summed E-state index contributed by atoms with van der Waals surface area (Å²) in [6.07, 6.45) is -0.925. The van der Waals surface area contributed by atoms with Crippen molar-refractivity contribution in [2.24, 2.45) is 0 Å². The summed E-state index contributed by atoms with van der Waals surface area (Å²) >= 11 is 0. The smallest absolute Gasteiger partial charge is 0.429 e. The zero-order chi connectivity index (χ0) is 11.8. The molecule has 0 spiro atoms. The van der Waals surface area contributed by atoms with Gasteiger partial charge in [-0.3, -0.25) is 0 Å². The third kappa shape index (κ3) is 6.33. The SMILES string of the molecule is CC(=CO[O])C(=O)OOC(=O)OC(C)C. The van der Waals surface area contributed by atoms with Crippen LogP contribution in [0, 0.1) is 0 Å². The lowest BCUT2D eigenvalue weighted by Gasteiger charge is -2.06. The number of hydrogen-bond acceptors (Lipinski definition) is 6. The Morgan fingerprint density at radius 2 is 1.80 bits per heavy atom. The Balaban J connectivity index is 3.91. The van der Waals surface area contributed by atoms with Crippen molar-refractivity contribution < 1.29 is 34.2 Å². The maximum Gasteiger partial charge on any atom is 0.550 e. The van der Waals surface area contributed by atoms with Crippen LogP contribution in [0.4, 0.5) is 4.79 Å². The van der Waals surface area contributed by atoms with Crippen molar-refractivity contribution in [2.75, 3.05) is 0 Å². The number of ether oxygens (including phenoxy) is 1. The first-order chi connectivity index (χ1) is 6.97. The van der Waals surface area contributed by atoms with Gasteiger partial charge >= 0.3 is 12.1 Å². The van der Waals surface area contributed by atoms with Gasteiger partial charge in [0.25, 0.3) is 0 Å². The third-order valence-electron chi connectivity index (χ3n) is 1.06. The van der Waals surface area contributed by atoms with Crippen LogP contribution in [-0.4, -0.2) is 18.2 Å². The maximum atomic E-state index is 10.9. The van der Waals surface area contributed by atoms with Crippen molar-refractivity contribution in [3.63, 3.8) is 0 Å². The molecule has 15 heavy (non-hydrogen) atoms. The van der Waals surface area contributed by atoms with E-state index >= 15 is 0 Å². The minimum atomic E-state index is -1.14. The summed E-state index contributed by atoms with van der Waals surface area (Å²) in [5.74, 6) is -1.02. The number of carbonyl (C=O) groups is 2. The topological polar surface area (TPSA) is 91.0 Å². The summed E-state index contributed by atoms with van der Waals surface area (Å²) in [5, 5.41) is 9.61. The van der Waals surface area contributed by atoms with E-state index < -0.39 is 18.2 Å². The van der Waals surface area contributed by atoms with E-state index in [4.69, 9.17) is 0 Å². The zero-order valence-electron chi connectivity index (χ0n) is 8.51. The second-order valence-electron chi connectivity index (χ2n) is 2.77. The molecule has 0 atom stereocenters. The van der Waals surface area contributed by atoms with Crippen LogP contribution in [0.1, 0.15) is 20.8 Å². The Labute approximate surface area is 86.0 Å². The number of rotatable bonds is 3. The van der Waals surface area contributed by atoms with Gasteiger partial charge in [-0.25, -0.2) is 14.6 Å². The van der Waals surface area contributed by atoms with E-state index in [9.17, 15) is 14.8 Å². The molecule has 0 amide bonds. The standard InChI is InChI=1S/C8H11O7/c1-5(2)13-8(10)15-14-7(9)6(3)4-12-11/h4-5H,1-3H3. The number of carbonyl (C=O) groups excluding carboxylic acids is 2. The van der Waals surface area contributed by atoms with Gasteiger partial charge in [0.1, 0.15) is 6.26 Å². The van der Waals surface area contributed by atoms with Crippen LogP contribution < -0.4 is 0 Å². The lowest BCUT2D eigenvalue weighted by Crippen LogP contribution is -2.16.